The standard InChI is InChI=1S/C19H17ClN4O3/c20-14-5-6-15-13(7-14)8-16(24-15)19(27)22-9-11-1-3-12(4-2-11)18(26)23-10-17(21)25/h1-8,24H,9-10H2,(H2,21,25)(H,22,27)(H,23,26). The van der Waals surface area contributed by atoms with Gasteiger partial charge in [-0.05, 0) is 42.0 Å². The maximum atomic E-state index is 12.3. The Hall–Kier alpha value is -3.32. The number of H-pyrrole nitrogens is 1. The van der Waals surface area contributed by atoms with Crippen LogP contribution in [0.3, 0.4) is 0 Å². The Morgan fingerprint density at radius 2 is 1.70 bits per heavy atom. The smallest absolute Gasteiger partial charge is 0.267 e. The van der Waals surface area contributed by atoms with Gasteiger partial charge in [0, 0.05) is 28.0 Å². The predicted octanol–water partition coefficient (Wildman–Crippen LogP) is 1.97. The van der Waals surface area contributed by atoms with Gasteiger partial charge in [-0.15, -0.1) is 0 Å². The van der Waals surface area contributed by atoms with Gasteiger partial charge < -0.3 is 21.4 Å². The number of hydrogen-bond acceptors (Lipinski definition) is 3. The quantitative estimate of drug-likeness (QED) is 0.520. The highest BCUT2D eigenvalue weighted by Crippen LogP contribution is 2.20. The van der Waals surface area contributed by atoms with Gasteiger partial charge >= 0.3 is 0 Å². The number of fused-ring (bicyclic) bond motifs is 1. The molecule has 0 unspecified atom stereocenters. The minimum atomic E-state index is -0.609. The number of hydrogen-bond donors (Lipinski definition) is 4. The van der Waals surface area contributed by atoms with E-state index < -0.39 is 5.91 Å². The Morgan fingerprint density at radius 3 is 2.41 bits per heavy atom. The van der Waals surface area contributed by atoms with E-state index in [1.807, 2.05) is 6.07 Å². The number of primary amides is 1. The molecule has 0 atom stereocenters. The van der Waals surface area contributed by atoms with Gasteiger partial charge in [0.05, 0.1) is 6.54 Å². The lowest BCUT2D eigenvalue weighted by Gasteiger charge is -2.06. The highest BCUT2D eigenvalue weighted by molar-refractivity contribution is 6.31. The van der Waals surface area contributed by atoms with Crippen molar-refractivity contribution in [2.75, 3.05) is 6.54 Å². The number of nitrogens with two attached hydrogens (primary N) is 1. The molecule has 0 spiro atoms. The molecule has 0 saturated heterocycles. The molecular weight excluding hydrogens is 368 g/mol. The Kier molecular flexibility index (Phi) is 5.42. The molecule has 7 nitrogen and oxygen atoms in total. The second-order valence-corrected chi connectivity index (χ2v) is 6.38. The molecule has 3 amide bonds. The number of nitrogens with one attached hydrogen (secondary N) is 3. The van der Waals surface area contributed by atoms with Crippen molar-refractivity contribution in [3.05, 3.63) is 70.4 Å². The van der Waals surface area contributed by atoms with Crippen molar-refractivity contribution in [3.63, 3.8) is 0 Å². The second kappa shape index (κ2) is 7.92. The minimum absolute atomic E-state index is 0.216. The first-order valence-corrected chi connectivity index (χ1v) is 8.52. The van der Waals surface area contributed by atoms with Crippen LogP contribution in [-0.4, -0.2) is 29.3 Å². The van der Waals surface area contributed by atoms with Crippen LogP contribution in [0.1, 0.15) is 26.4 Å². The molecule has 0 aliphatic rings. The first kappa shape index (κ1) is 18.5. The number of amides is 3. The van der Waals surface area contributed by atoms with Gasteiger partial charge in [-0.25, -0.2) is 0 Å². The maximum absolute atomic E-state index is 12.3. The molecule has 2 aromatic carbocycles. The molecule has 5 N–H and O–H groups in total. The highest BCUT2D eigenvalue weighted by atomic mass is 35.5. The van der Waals surface area contributed by atoms with Gasteiger partial charge in [0.25, 0.3) is 11.8 Å². The summed E-state index contributed by atoms with van der Waals surface area (Å²) in [5.74, 6) is -1.24. The van der Waals surface area contributed by atoms with Gasteiger partial charge in [0.2, 0.25) is 5.91 Å². The van der Waals surface area contributed by atoms with Gasteiger partial charge in [0.15, 0.2) is 0 Å². The van der Waals surface area contributed by atoms with Crippen LogP contribution in [0, 0.1) is 0 Å². The number of benzene rings is 2. The van der Waals surface area contributed by atoms with Crippen LogP contribution in [-0.2, 0) is 11.3 Å². The largest absolute Gasteiger partial charge is 0.368 e. The molecule has 0 fully saturated rings. The molecule has 3 rings (SSSR count). The van der Waals surface area contributed by atoms with E-state index in [0.717, 1.165) is 16.5 Å². The molecule has 0 radical (unpaired) electrons. The van der Waals surface area contributed by atoms with E-state index >= 15 is 0 Å². The van der Waals surface area contributed by atoms with E-state index in [0.29, 0.717) is 22.8 Å². The lowest BCUT2D eigenvalue weighted by Crippen LogP contribution is -2.33. The molecule has 1 aromatic heterocycles. The Labute approximate surface area is 159 Å². The normalized spacial score (nSPS) is 10.6. The van der Waals surface area contributed by atoms with Crippen molar-refractivity contribution in [3.8, 4) is 0 Å². The lowest BCUT2D eigenvalue weighted by atomic mass is 10.1. The Bertz CT molecular complexity index is 1010. The number of rotatable bonds is 6. The van der Waals surface area contributed by atoms with E-state index in [1.165, 1.54) is 0 Å². The summed E-state index contributed by atoms with van der Waals surface area (Å²) >= 11 is 5.95. The summed E-state index contributed by atoms with van der Waals surface area (Å²) in [5.41, 5.74) is 7.49. The van der Waals surface area contributed by atoms with Crippen molar-refractivity contribution in [2.45, 2.75) is 6.54 Å². The molecule has 0 aliphatic heterocycles. The van der Waals surface area contributed by atoms with E-state index in [9.17, 15) is 14.4 Å². The van der Waals surface area contributed by atoms with Crippen molar-refractivity contribution in [2.24, 2.45) is 5.73 Å². The highest BCUT2D eigenvalue weighted by Gasteiger charge is 2.10. The third-order valence-electron chi connectivity index (χ3n) is 3.92. The van der Waals surface area contributed by atoms with Crippen LogP contribution < -0.4 is 16.4 Å². The minimum Gasteiger partial charge on any atom is -0.368 e. The van der Waals surface area contributed by atoms with Gasteiger partial charge in [-0.2, -0.15) is 0 Å². The summed E-state index contributed by atoms with van der Waals surface area (Å²) in [6.07, 6.45) is 0. The molecule has 138 valence electrons. The monoisotopic (exact) mass is 384 g/mol. The summed E-state index contributed by atoms with van der Waals surface area (Å²) in [7, 11) is 0. The number of aromatic nitrogens is 1. The lowest BCUT2D eigenvalue weighted by molar-refractivity contribution is -0.117. The van der Waals surface area contributed by atoms with Crippen molar-refractivity contribution in [1.82, 2.24) is 15.6 Å². The Balaban J connectivity index is 1.59. The molecular formula is C19H17ClN4O3. The molecule has 8 heteroatoms. The third kappa shape index (κ3) is 4.65. The number of halogens is 1. The van der Waals surface area contributed by atoms with Crippen molar-refractivity contribution >= 4 is 40.2 Å². The average Bonchev–Trinajstić information content (AvgIpc) is 3.07. The third-order valence-corrected chi connectivity index (χ3v) is 4.15. The topological polar surface area (TPSA) is 117 Å². The van der Waals surface area contributed by atoms with Crippen LogP contribution >= 0.6 is 11.6 Å². The average molecular weight is 385 g/mol. The van der Waals surface area contributed by atoms with Crippen molar-refractivity contribution < 1.29 is 14.4 Å². The van der Waals surface area contributed by atoms with Gasteiger partial charge in [0.1, 0.15) is 5.69 Å². The first-order valence-electron chi connectivity index (χ1n) is 8.14. The summed E-state index contributed by atoms with van der Waals surface area (Å²) in [4.78, 5) is 37.9. The van der Waals surface area contributed by atoms with Crippen molar-refractivity contribution in [1.29, 1.82) is 0 Å². The first-order chi connectivity index (χ1) is 12.9. The summed E-state index contributed by atoms with van der Waals surface area (Å²) < 4.78 is 0. The zero-order valence-electron chi connectivity index (χ0n) is 14.2. The molecule has 0 aliphatic carbocycles. The number of carbonyl (C=O) groups is 3. The Morgan fingerprint density at radius 1 is 0.963 bits per heavy atom. The second-order valence-electron chi connectivity index (χ2n) is 5.94. The SMILES string of the molecule is NC(=O)CNC(=O)c1ccc(CNC(=O)c2cc3cc(Cl)ccc3[nH]2)cc1. The van der Waals surface area contributed by atoms with Crippen LogP contribution in [0.5, 0.6) is 0 Å². The zero-order chi connectivity index (χ0) is 19.4. The maximum Gasteiger partial charge on any atom is 0.267 e. The fourth-order valence-electron chi connectivity index (χ4n) is 2.55. The molecule has 0 saturated carbocycles. The molecule has 3 aromatic rings. The van der Waals surface area contributed by atoms with Crippen LogP contribution in [0.2, 0.25) is 5.02 Å². The van der Waals surface area contributed by atoms with Crippen LogP contribution in [0.4, 0.5) is 0 Å². The zero-order valence-corrected chi connectivity index (χ0v) is 15.0. The number of carbonyl (C=O) groups excluding carboxylic acids is 3. The fraction of sp³-hybridized carbons (Fsp3) is 0.105. The summed E-state index contributed by atoms with van der Waals surface area (Å²) in [6, 6.07) is 13.8. The number of aromatic amines is 1. The summed E-state index contributed by atoms with van der Waals surface area (Å²) in [5, 5.41) is 6.69. The van der Waals surface area contributed by atoms with Gasteiger partial charge in [-0.1, -0.05) is 23.7 Å². The van der Waals surface area contributed by atoms with E-state index in [1.54, 1.807) is 42.5 Å². The van der Waals surface area contributed by atoms with E-state index in [4.69, 9.17) is 17.3 Å². The van der Waals surface area contributed by atoms with Crippen LogP contribution in [0.25, 0.3) is 10.9 Å². The predicted molar refractivity (Wildman–Crippen MR) is 102 cm³/mol. The van der Waals surface area contributed by atoms with Crippen LogP contribution in [0.15, 0.2) is 48.5 Å². The van der Waals surface area contributed by atoms with E-state index in [2.05, 4.69) is 15.6 Å². The molecule has 27 heavy (non-hydrogen) atoms. The van der Waals surface area contributed by atoms with Gasteiger partial charge in [-0.3, -0.25) is 14.4 Å². The summed E-state index contributed by atoms with van der Waals surface area (Å²) in [6.45, 7) is 0.0878. The molecule has 1 heterocycles. The fourth-order valence-corrected chi connectivity index (χ4v) is 2.73. The van der Waals surface area contributed by atoms with E-state index in [-0.39, 0.29) is 18.4 Å². The molecule has 0 bridgehead atoms.